The molecule has 3 nitrogen and oxygen atoms in total. The summed E-state index contributed by atoms with van der Waals surface area (Å²) >= 11 is 0. The van der Waals surface area contributed by atoms with Crippen LogP contribution < -0.4 is 5.73 Å². The van der Waals surface area contributed by atoms with Gasteiger partial charge in [-0.05, 0) is 37.5 Å². The lowest BCUT2D eigenvalue weighted by Crippen LogP contribution is -2.10. The Labute approximate surface area is 101 Å². The molecule has 1 heterocycles. The van der Waals surface area contributed by atoms with Crippen LogP contribution in [0.3, 0.4) is 0 Å². The molecule has 2 N–H and O–H groups in total. The molecule has 88 valence electrons. The first-order chi connectivity index (χ1) is 8.29. The fourth-order valence-corrected chi connectivity index (χ4v) is 3.34. The highest BCUT2D eigenvalue weighted by molar-refractivity contribution is 5.35. The molecule has 1 aromatic rings. The molecule has 0 unspecified atom stereocenters. The highest BCUT2D eigenvalue weighted by Crippen LogP contribution is 2.49. The number of fused-ring (bicyclic) bond motifs is 2. The SMILES string of the molecule is Nc1cc([C@H]2C[C@H]3C=C[C@H]2C3)nc(C2CC2)n1. The summed E-state index contributed by atoms with van der Waals surface area (Å²) in [5.41, 5.74) is 7.11. The van der Waals surface area contributed by atoms with Crippen molar-refractivity contribution in [3.63, 3.8) is 0 Å². The maximum Gasteiger partial charge on any atom is 0.134 e. The third kappa shape index (κ3) is 1.56. The summed E-state index contributed by atoms with van der Waals surface area (Å²) in [6.07, 6.45) is 9.77. The van der Waals surface area contributed by atoms with Gasteiger partial charge in [0.1, 0.15) is 11.6 Å². The van der Waals surface area contributed by atoms with Crippen molar-refractivity contribution >= 4 is 5.82 Å². The summed E-state index contributed by atoms with van der Waals surface area (Å²) in [6.45, 7) is 0. The number of nitrogens with zero attached hydrogens (tertiary/aromatic N) is 2. The molecular formula is C14H17N3. The molecule has 0 saturated heterocycles. The van der Waals surface area contributed by atoms with E-state index < -0.39 is 0 Å². The minimum atomic E-state index is 0.589. The Hall–Kier alpha value is -1.38. The molecule has 17 heavy (non-hydrogen) atoms. The van der Waals surface area contributed by atoms with Gasteiger partial charge >= 0.3 is 0 Å². The van der Waals surface area contributed by atoms with Crippen LogP contribution in [0.4, 0.5) is 5.82 Å². The van der Waals surface area contributed by atoms with Gasteiger partial charge in [0, 0.05) is 23.6 Å². The zero-order valence-electron chi connectivity index (χ0n) is 9.84. The van der Waals surface area contributed by atoms with Crippen molar-refractivity contribution in [3.8, 4) is 0 Å². The molecule has 0 aliphatic heterocycles. The lowest BCUT2D eigenvalue weighted by Gasteiger charge is -2.18. The van der Waals surface area contributed by atoms with Gasteiger partial charge in [0.05, 0.1) is 0 Å². The minimum Gasteiger partial charge on any atom is -0.384 e. The zero-order chi connectivity index (χ0) is 11.4. The Morgan fingerprint density at radius 2 is 2.00 bits per heavy atom. The van der Waals surface area contributed by atoms with E-state index in [0.717, 1.165) is 11.7 Å². The molecule has 0 aromatic carbocycles. The van der Waals surface area contributed by atoms with Gasteiger partial charge in [-0.15, -0.1) is 0 Å². The minimum absolute atomic E-state index is 0.589. The van der Waals surface area contributed by atoms with E-state index in [4.69, 9.17) is 10.7 Å². The molecular weight excluding hydrogens is 210 g/mol. The predicted octanol–water partition coefficient (Wildman–Crippen LogP) is 2.62. The average molecular weight is 227 g/mol. The van der Waals surface area contributed by atoms with Gasteiger partial charge in [-0.2, -0.15) is 0 Å². The molecule has 4 rings (SSSR count). The summed E-state index contributed by atoms with van der Waals surface area (Å²) in [5.74, 6) is 4.31. The average Bonchev–Trinajstić information content (AvgIpc) is 2.97. The van der Waals surface area contributed by atoms with Crippen LogP contribution >= 0.6 is 0 Å². The number of nitrogens with two attached hydrogens (primary N) is 1. The van der Waals surface area contributed by atoms with E-state index >= 15 is 0 Å². The Morgan fingerprint density at radius 1 is 1.12 bits per heavy atom. The van der Waals surface area contributed by atoms with Crippen LogP contribution in [0.15, 0.2) is 18.2 Å². The Kier molecular flexibility index (Phi) is 1.88. The van der Waals surface area contributed by atoms with Crippen molar-refractivity contribution in [2.24, 2.45) is 11.8 Å². The van der Waals surface area contributed by atoms with Crippen molar-refractivity contribution in [1.29, 1.82) is 0 Å². The molecule has 3 aliphatic carbocycles. The van der Waals surface area contributed by atoms with Crippen molar-refractivity contribution in [2.45, 2.75) is 37.5 Å². The summed E-state index contributed by atoms with van der Waals surface area (Å²) in [7, 11) is 0. The molecule has 0 amide bonds. The molecule has 2 bridgehead atoms. The highest BCUT2D eigenvalue weighted by Gasteiger charge is 2.38. The first-order valence-electron chi connectivity index (χ1n) is 6.62. The number of aromatic nitrogens is 2. The van der Waals surface area contributed by atoms with Crippen LogP contribution in [-0.2, 0) is 0 Å². The number of hydrogen-bond donors (Lipinski definition) is 1. The monoisotopic (exact) mass is 227 g/mol. The zero-order valence-corrected chi connectivity index (χ0v) is 9.84. The number of rotatable bonds is 2. The van der Waals surface area contributed by atoms with Gasteiger partial charge in [-0.1, -0.05) is 12.2 Å². The topological polar surface area (TPSA) is 51.8 Å². The number of allylic oxidation sites excluding steroid dienone is 2. The van der Waals surface area contributed by atoms with Crippen LogP contribution in [0.2, 0.25) is 0 Å². The normalized spacial score (nSPS) is 34.5. The highest BCUT2D eigenvalue weighted by atomic mass is 15.0. The molecule has 3 heteroatoms. The summed E-state index contributed by atoms with van der Waals surface area (Å²) in [6, 6.07) is 1.99. The Morgan fingerprint density at radius 3 is 2.65 bits per heavy atom. The molecule has 1 aromatic heterocycles. The maximum atomic E-state index is 5.92. The number of hydrogen-bond acceptors (Lipinski definition) is 3. The molecule has 2 fully saturated rings. The third-order valence-corrected chi connectivity index (χ3v) is 4.38. The van der Waals surface area contributed by atoms with E-state index in [2.05, 4.69) is 17.1 Å². The quantitative estimate of drug-likeness (QED) is 0.790. The summed E-state index contributed by atoms with van der Waals surface area (Å²) in [5, 5.41) is 0. The van der Waals surface area contributed by atoms with Crippen molar-refractivity contribution < 1.29 is 0 Å². The van der Waals surface area contributed by atoms with Crippen LogP contribution in [0, 0.1) is 11.8 Å². The Balaban J connectivity index is 1.71. The van der Waals surface area contributed by atoms with E-state index in [0.29, 0.717) is 23.6 Å². The second-order valence-corrected chi connectivity index (χ2v) is 5.74. The van der Waals surface area contributed by atoms with Crippen LogP contribution in [0.25, 0.3) is 0 Å². The summed E-state index contributed by atoms with van der Waals surface area (Å²) < 4.78 is 0. The molecule has 2 saturated carbocycles. The lowest BCUT2D eigenvalue weighted by molar-refractivity contribution is 0.565. The van der Waals surface area contributed by atoms with Crippen LogP contribution in [-0.4, -0.2) is 9.97 Å². The van der Waals surface area contributed by atoms with Gasteiger partial charge in [0.15, 0.2) is 0 Å². The predicted molar refractivity (Wildman–Crippen MR) is 66.5 cm³/mol. The fraction of sp³-hybridized carbons (Fsp3) is 0.571. The fourth-order valence-electron chi connectivity index (χ4n) is 3.34. The summed E-state index contributed by atoms with van der Waals surface area (Å²) in [4.78, 5) is 9.15. The van der Waals surface area contributed by atoms with Gasteiger partial charge in [0.2, 0.25) is 0 Å². The van der Waals surface area contributed by atoms with E-state index in [-0.39, 0.29) is 0 Å². The van der Waals surface area contributed by atoms with Gasteiger partial charge in [-0.3, -0.25) is 0 Å². The van der Waals surface area contributed by atoms with E-state index in [1.165, 1.54) is 31.4 Å². The van der Waals surface area contributed by atoms with Gasteiger partial charge < -0.3 is 5.73 Å². The second kappa shape index (κ2) is 3.31. The number of anilines is 1. The standard InChI is InChI=1S/C14H17N3/c15-13-7-12(16-14(17-13)9-3-4-9)11-6-8-1-2-10(11)5-8/h1-2,7-11H,3-6H2,(H2,15,16,17)/t8-,10-,11-/m0/s1. The molecule has 3 atom stereocenters. The molecule has 0 radical (unpaired) electrons. The first-order valence-corrected chi connectivity index (χ1v) is 6.62. The lowest BCUT2D eigenvalue weighted by atomic mass is 9.90. The largest absolute Gasteiger partial charge is 0.384 e. The van der Waals surface area contributed by atoms with Crippen molar-refractivity contribution in [2.75, 3.05) is 5.73 Å². The van der Waals surface area contributed by atoms with E-state index in [9.17, 15) is 0 Å². The van der Waals surface area contributed by atoms with Crippen LogP contribution in [0.5, 0.6) is 0 Å². The first kappa shape index (κ1) is 9.63. The van der Waals surface area contributed by atoms with Gasteiger partial charge in [-0.25, -0.2) is 9.97 Å². The van der Waals surface area contributed by atoms with Gasteiger partial charge in [0.25, 0.3) is 0 Å². The second-order valence-electron chi connectivity index (χ2n) is 5.74. The molecule has 3 aliphatic rings. The number of nitrogen functional groups attached to an aromatic ring is 1. The van der Waals surface area contributed by atoms with Crippen molar-refractivity contribution in [1.82, 2.24) is 9.97 Å². The van der Waals surface area contributed by atoms with Crippen LogP contribution in [0.1, 0.15) is 49.0 Å². The maximum absolute atomic E-state index is 5.92. The van der Waals surface area contributed by atoms with E-state index in [1.54, 1.807) is 0 Å². The van der Waals surface area contributed by atoms with E-state index in [1.807, 2.05) is 6.07 Å². The molecule has 0 spiro atoms. The third-order valence-electron chi connectivity index (χ3n) is 4.38. The smallest absolute Gasteiger partial charge is 0.134 e. The Bertz CT molecular complexity index is 490. The van der Waals surface area contributed by atoms with Crippen molar-refractivity contribution in [3.05, 3.63) is 29.7 Å².